The Bertz CT molecular complexity index is 592. The van der Waals surface area contributed by atoms with Crippen LogP contribution in [0.5, 0.6) is 5.75 Å². The normalized spacial score (nSPS) is 17.7. The quantitative estimate of drug-likeness (QED) is 0.792. The number of anilines is 1. The Balaban J connectivity index is 0.00000182. The lowest BCUT2D eigenvalue weighted by atomic mass is 9.93. The van der Waals surface area contributed by atoms with Gasteiger partial charge >= 0.3 is 0 Å². The summed E-state index contributed by atoms with van der Waals surface area (Å²) >= 11 is 0. The summed E-state index contributed by atoms with van der Waals surface area (Å²) in [7, 11) is 1.55. The Labute approximate surface area is 173 Å². The van der Waals surface area contributed by atoms with Gasteiger partial charge in [-0.1, -0.05) is 0 Å². The molecule has 0 aliphatic carbocycles. The topological polar surface area (TPSA) is 44.8 Å². The first-order valence-corrected chi connectivity index (χ1v) is 9.24. The standard InChI is InChI=1S/C19H28FN3O2.2ClH/c1-25-18-14-16(20)3-4-17(18)22-10-12-23(13-11-22)19(24)5-2-15-6-8-21-9-7-15;;/h3-4,14-15,21H,2,5-13H2,1H3;2*1H. The van der Waals surface area contributed by atoms with E-state index in [2.05, 4.69) is 10.2 Å². The van der Waals surface area contributed by atoms with Crippen LogP contribution in [-0.2, 0) is 4.79 Å². The minimum absolute atomic E-state index is 0. The van der Waals surface area contributed by atoms with Crippen molar-refractivity contribution in [1.29, 1.82) is 0 Å². The SMILES string of the molecule is COc1cc(F)ccc1N1CCN(C(=O)CCC2CCNCC2)CC1.Cl.Cl. The predicted octanol–water partition coefficient (Wildman–Crippen LogP) is 3.11. The van der Waals surface area contributed by atoms with Gasteiger partial charge in [-0.25, -0.2) is 4.39 Å². The third-order valence-electron chi connectivity index (χ3n) is 5.34. The minimum atomic E-state index is -0.299. The zero-order chi connectivity index (χ0) is 17.6. The lowest BCUT2D eigenvalue weighted by Crippen LogP contribution is -2.49. The lowest BCUT2D eigenvalue weighted by Gasteiger charge is -2.37. The Morgan fingerprint density at radius 1 is 1.19 bits per heavy atom. The van der Waals surface area contributed by atoms with Gasteiger partial charge in [0.2, 0.25) is 5.91 Å². The molecule has 0 atom stereocenters. The highest BCUT2D eigenvalue weighted by Crippen LogP contribution is 2.29. The van der Waals surface area contributed by atoms with E-state index in [1.54, 1.807) is 13.2 Å². The molecule has 0 saturated carbocycles. The summed E-state index contributed by atoms with van der Waals surface area (Å²) in [6.07, 6.45) is 4.04. The van der Waals surface area contributed by atoms with Crippen molar-refractivity contribution in [1.82, 2.24) is 10.2 Å². The number of amides is 1. The molecule has 154 valence electrons. The Kier molecular flexibility index (Phi) is 10.2. The predicted molar refractivity (Wildman–Crippen MR) is 111 cm³/mol. The van der Waals surface area contributed by atoms with E-state index in [4.69, 9.17) is 4.74 Å². The molecule has 1 aromatic rings. The number of benzene rings is 1. The van der Waals surface area contributed by atoms with Crippen LogP contribution in [-0.4, -0.2) is 57.2 Å². The van der Waals surface area contributed by atoms with E-state index in [-0.39, 0.29) is 36.5 Å². The van der Waals surface area contributed by atoms with Crippen molar-refractivity contribution in [3.63, 3.8) is 0 Å². The largest absolute Gasteiger partial charge is 0.494 e. The number of hydrogen-bond acceptors (Lipinski definition) is 4. The second kappa shape index (κ2) is 11.6. The van der Waals surface area contributed by atoms with Crippen molar-refractivity contribution >= 4 is 36.4 Å². The molecule has 0 radical (unpaired) electrons. The number of rotatable bonds is 5. The molecular weight excluding hydrogens is 392 g/mol. The van der Waals surface area contributed by atoms with E-state index in [0.29, 0.717) is 31.2 Å². The smallest absolute Gasteiger partial charge is 0.222 e. The van der Waals surface area contributed by atoms with Gasteiger partial charge in [-0.05, 0) is 50.4 Å². The highest BCUT2D eigenvalue weighted by atomic mass is 35.5. The van der Waals surface area contributed by atoms with Gasteiger partial charge in [0.15, 0.2) is 0 Å². The minimum Gasteiger partial charge on any atom is -0.494 e. The first-order valence-electron chi connectivity index (χ1n) is 9.24. The van der Waals surface area contributed by atoms with Gasteiger partial charge in [0.1, 0.15) is 11.6 Å². The van der Waals surface area contributed by atoms with Gasteiger partial charge in [0.05, 0.1) is 12.8 Å². The van der Waals surface area contributed by atoms with Crippen molar-refractivity contribution in [2.24, 2.45) is 5.92 Å². The summed E-state index contributed by atoms with van der Waals surface area (Å²) in [6.45, 7) is 5.09. The number of methoxy groups -OCH3 is 1. The average Bonchev–Trinajstić information content (AvgIpc) is 2.67. The fourth-order valence-corrected chi connectivity index (χ4v) is 3.77. The zero-order valence-corrected chi connectivity index (χ0v) is 17.4. The average molecular weight is 422 g/mol. The van der Waals surface area contributed by atoms with Crippen LogP contribution in [0.3, 0.4) is 0 Å². The first-order chi connectivity index (χ1) is 12.2. The molecule has 1 amide bonds. The third kappa shape index (κ3) is 6.40. The van der Waals surface area contributed by atoms with Crippen molar-refractivity contribution in [3.05, 3.63) is 24.0 Å². The monoisotopic (exact) mass is 421 g/mol. The van der Waals surface area contributed by atoms with Crippen LogP contribution < -0.4 is 15.0 Å². The van der Waals surface area contributed by atoms with Crippen LogP contribution in [0.1, 0.15) is 25.7 Å². The van der Waals surface area contributed by atoms with Gasteiger partial charge < -0.3 is 19.9 Å². The van der Waals surface area contributed by atoms with Gasteiger partial charge in [-0.3, -0.25) is 4.79 Å². The Hall–Kier alpha value is -1.24. The summed E-state index contributed by atoms with van der Waals surface area (Å²) < 4.78 is 18.6. The van der Waals surface area contributed by atoms with E-state index in [1.165, 1.54) is 25.0 Å². The summed E-state index contributed by atoms with van der Waals surface area (Å²) in [4.78, 5) is 16.6. The summed E-state index contributed by atoms with van der Waals surface area (Å²) in [5, 5.41) is 3.36. The molecule has 0 spiro atoms. The van der Waals surface area contributed by atoms with Crippen LogP contribution >= 0.6 is 24.8 Å². The van der Waals surface area contributed by atoms with Crippen molar-refractivity contribution in [2.75, 3.05) is 51.3 Å². The third-order valence-corrected chi connectivity index (χ3v) is 5.34. The molecule has 2 fully saturated rings. The molecule has 2 saturated heterocycles. The Morgan fingerprint density at radius 3 is 2.48 bits per heavy atom. The van der Waals surface area contributed by atoms with Crippen LogP contribution in [0.4, 0.5) is 10.1 Å². The second-order valence-corrected chi connectivity index (χ2v) is 6.92. The molecule has 2 heterocycles. The van der Waals surface area contributed by atoms with Crippen LogP contribution in [0.15, 0.2) is 18.2 Å². The number of carbonyl (C=O) groups excluding carboxylic acids is 1. The van der Waals surface area contributed by atoms with Gasteiger partial charge in [-0.15, -0.1) is 24.8 Å². The van der Waals surface area contributed by atoms with Gasteiger partial charge in [0, 0.05) is 38.7 Å². The molecule has 1 N–H and O–H groups in total. The fraction of sp³-hybridized carbons (Fsp3) is 0.632. The van der Waals surface area contributed by atoms with E-state index < -0.39 is 0 Å². The van der Waals surface area contributed by atoms with E-state index in [0.717, 1.165) is 38.3 Å². The molecular formula is C19H30Cl2FN3O2. The number of piperazine rings is 1. The van der Waals surface area contributed by atoms with Gasteiger partial charge in [-0.2, -0.15) is 0 Å². The van der Waals surface area contributed by atoms with Crippen LogP contribution in [0, 0.1) is 11.7 Å². The lowest BCUT2D eigenvalue weighted by molar-refractivity contribution is -0.131. The molecule has 0 aromatic heterocycles. The number of nitrogens with one attached hydrogen (secondary N) is 1. The van der Waals surface area contributed by atoms with E-state index in [9.17, 15) is 9.18 Å². The number of nitrogens with zero attached hydrogens (tertiary/aromatic N) is 2. The summed E-state index contributed by atoms with van der Waals surface area (Å²) in [5.74, 6) is 1.21. The molecule has 3 rings (SSSR count). The number of halogens is 3. The maximum atomic E-state index is 13.4. The van der Waals surface area contributed by atoms with Crippen molar-refractivity contribution in [2.45, 2.75) is 25.7 Å². The number of ether oxygens (including phenoxy) is 1. The number of piperidine rings is 1. The van der Waals surface area contributed by atoms with Crippen LogP contribution in [0.25, 0.3) is 0 Å². The number of hydrogen-bond donors (Lipinski definition) is 1. The molecule has 2 aliphatic rings. The highest BCUT2D eigenvalue weighted by molar-refractivity contribution is 5.85. The highest BCUT2D eigenvalue weighted by Gasteiger charge is 2.24. The molecule has 0 bridgehead atoms. The van der Waals surface area contributed by atoms with Gasteiger partial charge in [0.25, 0.3) is 0 Å². The summed E-state index contributed by atoms with van der Waals surface area (Å²) in [6, 6.07) is 4.61. The maximum absolute atomic E-state index is 13.4. The van der Waals surface area contributed by atoms with E-state index >= 15 is 0 Å². The maximum Gasteiger partial charge on any atom is 0.222 e. The van der Waals surface area contributed by atoms with Crippen molar-refractivity contribution < 1.29 is 13.9 Å². The molecule has 5 nitrogen and oxygen atoms in total. The molecule has 0 unspecified atom stereocenters. The van der Waals surface area contributed by atoms with Crippen LogP contribution in [0.2, 0.25) is 0 Å². The van der Waals surface area contributed by atoms with E-state index in [1.807, 2.05) is 4.90 Å². The van der Waals surface area contributed by atoms with Crippen molar-refractivity contribution in [3.8, 4) is 5.75 Å². The molecule has 27 heavy (non-hydrogen) atoms. The summed E-state index contributed by atoms with van der Waals surface area (Å²) in [5.41, 5.74) is 0.894. The number of carbonyl (C=O) groups is 1. The second-order valence-electron chi connectivity index (χ2n) is 6.92. The zero-order valence-electron chi connectivity index (χ0n) is 15.8. The Morgan fingerprint density at radius 2 is 1.85 bits per heavy atom. The molecule has 2 aliphatic heterocycles. The fourth-order valence-electron chi connectivity index (χ4n) is 3.77. The molecule has 1 aromatic carbocycles. The first kappa shape index (κ1) is 23.8. The molecule has 8 heteroatoms.